The molecule has 1 saturated heterocycles. The van der Waals surface area contributed by atoms with Crippen LogP contribution in [0.2, 0.25) is 0 Å². The van der Waals surface area contributed by atoms with Gasteiger partial charge in [0, 0.05) is 25.3 Å². The Morgan fingerprint density at radius 1 is 1.69 bits per heavy atom. The first-order valence-corrected chi connectivity index (χ1v) is 8.05. The van der Waals surface area contributed by atoms with Crippen LogP contribution in [0.5, 0.6) is 0 Å². The van der Waals surface area contributed by atoms with Gasteiger partial charge in [-0.2, -0.15) is 11.8 Å². The van der Waals surface area contributed by atoms with Crippen LogP contribution in [0.4, 0.5) is 0 Å². The summed E-state index contributed by atoms with van der Waals surface area (Å²) in [5.74, 6) is 2.68. The molecule has 1 amide bonds. The molecule has 2 heterocycles. The molecular formula is C11H14BrNOS2. The number of rotatable bonds is 3. The number of halogens is 1. The molecule has 88 valence electrons. The van der Waals surface area contributed by atoms with E-state index in [9.17, 15) is 4.79 Å². The fraction of sp³-hybridized carbons (Fsp3) is 0.545. The summed E-state index contributed by atoms with van der Waals surface area (Å²) in [4.78, 5) is 13.9. The molecule has 2 nitrogen and oxygen atoms in total. The molecule has 1 unspecified atom stereocenters. The zero-order valence-electron chi connectivity index (χ0n) is 9.11. The Kier molecular flexibility index (Phi) is 4.33. The first-order valence-electron chi connectivity index (χ1n) is 5.22. The summed E-state index contributed by atoms with van der Waals surface area (Å²) in [6.45, 7) is 0.724. The maximum atomic E-state index is 12.1. The summed E-state index contributed by atoms with van der Waals surface area (Å²) in [5.41, 5.74) is 1.21. The predicted octanol–water partition coefficient (Wildman–Crippen LogP) is 3.22. The summed E-state index contributed by atoms with van der Waals surface area (Å²) in [7, 11) is 1.90. The van der Waals surface area contributed by atoms with Gasteiger partial charge in [-0.05, 0) is 45.1 Å². The monoisotopic (exact) mass is 319 g/mol. The Hall–Kier alpha value is -0.0000000000000000555. The molecule has 0 aliphatic carbocycles. The topological polar surface area (TPSA) is 20.3 Å². The molecule has 2 rings (SSSR count). The van der Waals surface area contributed by atoms with Gasteiger partial charge >= 0.3 is 0 Å². The van der Waals surface area contributed by atoms with Crippen LogP contribution < -0.4 is 0 Å². The van der Waals surface area contributed by atoms with E-state index in [0.29, 0.717) is 5.91 Å². The quantitative estimate of drug-likeness (QED) is 0.852. The Labute approximate surface area is 113 Å². The van der Waals surface area contributed by atoms with Crippen LogP contribution in [0.3, 0.4) is 0 Å². The van der Waals surface area contributed by atoms with Crippen LogP contribution in [0.1, 0.15) is 12.0 Å². The maximum Gasteiger partial charge on any atom is 0.226 e. The number of nitrogens with zero attached hydrogens (tertiary/aromatic N) is 1. The average Bonchev–Trinajstić information content (AvgIpc) is 2.88. The molecule has 1 aliphatic rings. The standard InChI is InChI=1S/C11H14BrNOS2/c1-13(5-8-4-10(12)16-6-8)11(14)9-2-3-15-7-9/h4,6,9H,2-3,5,7H2,1H3. The van der Waals surface area contributed by atoms with Crippen LogP contribution in [0, 0.1) is 5.92 Å². The molecule has 0 aromatic carbocycles. The lowest BCUT2D eigenvalue weighted by molar-refractivity contribution is -0.133. The fourth-order valence-corrected chi connectivity index (χ4v) is 4.23. The molecule has 1 aromatic rings. The van der Waals surface area contributed by atoms with E-state index in [0.717, 1.165) is 28.3 Å². The third-order valence-corrected chi connectivity index (χ3v) is 5.41. The molecule has 0 bridgehead atoms. The molecule has 0 N–H and O–H groups in total. The molecular weight excluding hydrogens is 306 g/mol. The van der Waals surface area contributed by atoms with Crippen LogP contribution in [-0.2, 0) is 11.3 Å². The van der Waals surface area contributed by atoms with Gasteiger partial charge < -0.3 is 4.90 Å². The number of carbonyl (C=O) groups is 1. The van der Waals surface area contributed by atoms with Crippen molar-refractivity contribution < 1.29 is 4.79 Å². The Morgan fingerprint density at radius 3 is 3.06 bits per heavy atom. The van der Waals surface area contributed by atoms with Gasteiger partial charge in [0.1, 0.15) is 0 Å². The second-order valence-corrected chi connectivity index (χ2v) is 7.45. The maximum absolute atomic E-state index is 12.1. The van der Waals surface area contributed by atoms with Gasteiger partial charge in [-0.15, -0.1) is 11.3 Å². The highest BCUT2D eigenvalue weighted by atomic mass is 79.9. The molecule has 5 heteroatoms. The van der Waals surface area contributed by atoms with Gasteiger partial charge in [0.05, 0.1) is 3.79 Å². The minimum Gasteiger partial charge on any atom is -0.341 e. The first kappa shape index (κ1) is 12.5. The number of carbonyl (C=O) groups excluding carboxylic acids is 1. The molecule has 0 saturated carbocycles. The molecule has 1 aliphatic heterocycles. The van der Waals surface area contributed by atoms with E-state index in [1.54, 1.807) is 11.3 Å². The van der Waals surface area contributed by atoms with Crippen LogP contribution >= 0.6 is 39.0 Å². The summed E-state index contributed by atoms with van der Waals surface area (Å²) >= 11 is 6.99. The molecule has 1 atom stereocenters. The zero-order chi connectivity index (χ0) is 11.5. The SMILES string of the molecule is CN(Cc1csc(Br)c1)C(=O)C1CCSC1. The van der Waals surface area contributed by atoms with Gasteiger partial charge in [-0.25, -0.2) is 0 Å². The number of thioether (sulfide) groups is 1. The van der Waals surface area contributed by atoms with E-state index >= 15 is 0 Å². The van der Waals surface area contributed by atoms with Gasteiger partial charge in [-0.1, -0.05) is 0 Å². The third kappa shape index (κ3) is 3.02. The highest BCUT2D eigenvalue weighted by molar-refractivity contribution is 9.11. The molecule has 1 aromatic heterocycles. The van der Waals surface area contributed by atoms with Crippen LogP contribution in [0.25, 0.3) is 0 Å². The molecule has 0 spiro atoms. The lowest BCUT2D eigenvalue weighted by atomic mass is 10.1. The lowest BCUT2D eigenvalue weighted by Gasteiger charge is -2.19. The van der Waals surface area contributed by atoms with E-state index in [4.69, 9.17) is 0 Å². The van der Waals surface area contributed by atoms with Gasteiger partial charge in [-0.3, -0.25) is 4.79 Å². The zero-order valence-corrected chi connectivity index (χ0v) is 12.3. The number of hydrogen-bond donors (Lipinski definition) is 0. The first-order chi connectivity index (χ1) is 7.66. The van der Waals surface area contributed by atoms with Crippen LogP contribution in [0.15, 0.2) is 15.2 Å². The number of thiophene rings is 1. The summed E-state index contributed by atoms with van der Waals surface area (Å²) in [5, 5.41) is 2.09. The summed E-state index contributed by atoms with van der Waals surface area (Å²) in [6, 6.07) is 2.08. The number of amides is 1. The minimum absolute atomic E-state index is 0.247. The van der Waals surface area contributed by atoms with Gasteiger partial charge in [0.15, 0.2) is 0 Å². The highest BCUT2D eigenvalue weighted by Gasteiger charge is 2.25. The van der Waals surface area contributed by atoms with Crippen LogP contribution in [-0.4, -0.2) is 29.4 Å². The van der Waals surface area contributed by atoms with Crippen molar-refractivity contribution in [2.24, 2.45) is 5.92 Å². The normalized spacial score (nSPS) is 20.0. The second kappa shape index (κ2) is 5.56. The van der Waals surface area contributed by atoms with E-state index in [1.807, 2.05) is 23.7 Å². The number of hydrogen-bond acceptors (Lipinski definition) is 3. The fourth-order valence-electron chi connectivity index (χ4n) is 1.82. The van der Waals surface area contributed by atoms with Crippen molar-refractivity contribution in [3.8, 4) is 0 Å². The van der Waals surface area contributed by atoms with Crippen molar-refractivity contribution in [3.05, 3.63) is 20.8 Å². The van der Waals surface area contributed by atoms with Gasteiger partial charge in [0.25, 0.3) is 0 Å². The van der Waals surface area contributed by atoms with E-state index in [-0.39, 0.29) is 5.92 Å². The van der Waals surface area contributed by atoms with Crippen molar-refractivity contribution in [2.45, 2.75) is 13.0 Å². The Balaban J connectivity index is 1.91. The lowest BCUT2D eigenvalue weighted by Crippen LogP contribution is -2.32. The van der Waals surface area contributed by atoms with Crippen molar-refractivity contribution >= 4 is 44.9 Å². The molecule has 0 radical (unpaired) electrons. The van der Waals surface area contributed by atoms with Gasteiger partial charge in [0.2, 0.25) is 5.91 Å². The average molecular weight is 320 g/mol. The smallest absolute Gasteiger partial charge is 0.226 e. The van der Waals surface area contributed by atoms with Crippen molar-refractivity contribution in [2.75, 3.05) is 18.6 Å². The Morgan fingerprint density at radius 2 is 2.50 bits per heavy atom. The van der Waals surface area contributed by atoms with E-state index < -0.39 is 0 Å². The minimum atomic E-state index is 0.247. The Bertz CT molecular complexity index is 374. The molecule has 1 fully saturated rings. The second-order valence-electron chi connectivity index (χ2n) is 4.01. The van der Waals surface area contributed by atoms with Crippen molar-refractivity contribution in [3.63, 3.8) is 0 Å². The summed E-state index contributed by atoms with van der Waals surface area (Å²) in [6.07, 6.45) is 1.04. The third-order valence-electron chi connectivity index (χ3n) is 2.70. The van der Waals surface area contributed by atoms with Crippen molar-refractivity contribution in [1.82, 2.24) is 4.90 Å². The largest absolute Gasteiger partial charge is 0.341 e. The predicted molar refractivity (Wildman–Crippen MR) is 73.9 cm³/mol. The van der Waals surface area contributed by atoms with E-state index in [2.05, 4.69) is 27.4 Å². The molecule has 16 heavy (non-hydrogen) atoms. The highest BCUT2D eigenvalue weighted by Crippen LogP contribution is 2.26. The van der Waals surface area contributed by atoms with E-state index in [1.165, 1.54) is 5.56 Å². The van der Waals surface area contributed by atoms with Crippen molar-refractivity contribution in [1.29, 1.82) is 0 Å². The summed E-state index contributed by atoms with van der Waals surface area (Å²) < 4.78 is 1.12.